The van der Waals surface area contributed by atoms with Gasteiger partial charge in [0.05, 0.1) is 22.5 Å². The lowest BCUT2D eigenvalue weighted by Gasteiger charge is -2.02. The highest BCUT2D eigenvalue weighted by molar-refractivity contribution is 6.12. The Morgan fingerprint density at radius 2 is 1.58 bits per heavy atom. The van der Waals surface area contributed by atoms with Crippen molar-refractivity contribution >= 4 is 23.1 Å². The normalized spacial score (nSPS) is 11.6. The molecule has 1 aliphatic rings. The standard InChI is InChI=1S/C14H8N2O3/c17-13(8-1-3-9(4-2-8)14(18)19)11-6-5-10-7-12(11)16-15-10/h1-7H,(H,18,19). The number of benzene rings is 2. The third-order valence-corrected chi connectivity index (χ3v) is 2.89. The molecule has 0 amide bonds. The van der Waals surface area contributed by atoms with E-state index in [4.69, 9.17) is 5.11 Å². The minimum absolute atomic E-state index is 0.149. The van der Waals surface area contributed by atoms with Crippen molar-refractivity contribution in [1.29, 1.82) is 0 Å². The summed E-state index contributed by atoms with van der Waals surface area (Å²) in [6.07, 6.45) is 0. The first kappa shape index (κ1) is 11.3. The summed E-state index contributed by atoms with van der Waals surface area (Å²) in [5.74, 6) is -1.21. The molecule has 2 aromatic rings. The number of fused-ring (bicyclic) bond motifs is 2. The fraction of sp³-hybridized carbons (Fsp3) is 0. The van der Waals surface area contributed by atoms with Gasteiger partial charge in [-0.2, -0.15) is 5.11 Å². The van der Waals surface area contributed by atoms with Crippen molar-refractivity contribution < 1.29 is 14.7 Å². The van der Waals surface area contributed by atoms with Crippen LogP contribution in [-0.2, 0) is 0 Å². The quantitative estimate of drug-likeness (QED) is 0.726. The average Bonchev–Trinajstić information content (AvgIpc) is 2.80. The van der Waals surface area contributed by atoms with Gasteiger partial charge in [-0.25, -0.2) is 4.79 Å². The van der Waals surface area contributed by atoms with Crippen LogP contribution in [-0.4, -0.2) is 16.9 Å². The van der Waals surface area contributed by atoms with E-state index in [2.05, 4.69) is 10.2 Å². The van der Waals surface area contributed by atoms with E-state index in [9.17, 15) is 9.59 Å². The van der Waals surface area contributed by atoms with E-state index >= 15 is 0 Å². The molecule has 0 aromatic heterocycles. The van der Waals surface area contributed by atoms with Gasteiger partial charge in [-0.1, -0.05) is 12.1 Å². The van der Waals surface area contributed by atoms with Crippen LogP contribution in [0.3, 0.4) is 0 Å². The zero-order valence-corrected chi connectivity index (χ0v) is 9.70. The van der Waals surface area contributed by atoms with Gasteiger partial charge in [0.2, 0.25) is 0 Å². The molecule has 92 valence electrons. The second-order valence-corrected chi connectivity index (χ2v) is 4.11. The van der Waals surface area contributed by atoms with Crippen LogP contribution in [0.15, 0.2) is 52.7 Å². The molecule has 0 spiro atoms. The van der Waals surface area contributed by atoms with Crippen LogP contribution in [0.5, 0.6) is 0 Å². The van der Waals surface area contributed by atoms with Gasteiger partial charge >= 0.3 is 5.97 Å². The molecule has 19 heavy (non-hydrogen) atoms. The molecule has 1 heterocycles. The number of azo groups is 1. The van der Waals surface area contributed by atoms with Crippen LogP contribution in [0.4, 0.5) is 11.4 Å². The van der Waals surface area contributed by atoms with Gasteiger partial charge in [0.15, 0.2) is 5.78 Å². The van der Waals surface area contributed by atoms with Crippen LogP contribution >= 0.6 is 0 Å². The van der Waals surface area contributed by atoms with Gasteiger partial charge in [0.1, 0.15) is 0 Å². The molecule has 0 saturated heterocycles. The Bertz CT molecular complexity index is 718. The average molecular weight is 252 g/mol. The van der Waals surface area contributed by atoms with Crippen LogP contribution < -0.4 is 0 Å². The first-order valence-electron chi connectivity index (χ1n) is 5.59. The first-order valence-corrected chi connectivity index (χ1v) is 5.59. The minimum atomic E-state index is -1.02. The smallest absolute Gasteiger partial charge is 0.335 e. The van der Waals surface area contributed by atoms with E-state index in [1.54, 1.807) is 18.2 Å². The molecule has 1 aliphatic heterocycles. The van der Waals surface area contributed by atoms with Crippen molar-refractivity contribution in [3.05, 3.63) is 59.2 Å². The van der Waals surface area contributed by atoms with E-state index in [0.717, 1.165) is 5.69 Å². The Morgan fingerprint density at radius 1 is 0.895 bits per heavy atom. The lowest BCUT2D eigenvalue weighted by atomic mass is 10.0. The molecule has 5 nitrogen and oxygen atoms in total. The summed E-state index contributed by atoms with van der Waals surface area (Å²) in [5.41, 5.74) is 2.32. The topological polar surface area (TPSA) is 79.1 Å². The van der Waals surface area contributed by atoms with Crippen LogP contribution in [0.2, 0.25) is 0 Å². The van der Waals surface area contributed by atoms with E-state index < -0.39 is 5.97 Å². The number of carbonyl (C=O) groups is 2. The second kappa shape index (κ2) is 4.13. The van der Waals surface area contributed by atoms with E-state index in [-0.39, 0.29) is 11.3 Å². The number of hydrogen-bond donors (Lipinski definition) is 1. The third kappa shape index (κ3) is 1.91. The minimum Gasteiger partial charge on any atom is -0.478 e. The van der Waals surface area contributed by atoms with E-state index in [1.165, 1.54) is 24.3 Å². The molecular formula is C14H8N2O3. The number of hydrogen-bond acceptors (Lipinski definition) is 4. The molecule has 5 heteroatoms. The molecule has 3 rings (SSSR count). The molecular weight excluding hydrogens is 244 g/mol. The predicted octanol–water partition coefficient (Wildman–Crippen LogP) is 3.34. The first-order chi connectivity index (χ1) is 9.15. The fourth-order valence-corrected chi connectivity index (χ4v) is 1.89. The van der Waals surface area contributed by atoms with Gasteiger partial charge in [-0.05, 0) is 30.3 Å². The van der Waals surface area contributed by atoms with Gasteiger partial charge < -0.3 is 5.11 Å². The van der Waals surface area contributed by atoms with Gasteiger partial charge in [-0.3, -0.25) is 4.79 Å². The Balaban J connectivity index is 1.97. The van der Waals surface area contributed by atoms with Crippen molar-refractivity contribution in [2.45, 2.75) is 0 Å². The summed E-state index contributed by atoms with van der Waals surface area (Å²) in [6.45, 7) is 0. The summed E-state index contributed by atoms with van der Waals surface area (Å²) in [7, 11) is 0. The molecule has 1 N–H and O–H groups in total. The Labute approximate surface area is 108 Å². The zero-order valence-electron chi connectivity index (χ0n) is 9.70. The van der Waals surface area contributed by atoms with Gasteiger partial charge in [0.25, 0.3) is 0 Å². The van der Waals surface area contributed by atoms with Crippen molar-refractivity contribution in [2.75, 3.05) is 0 Å². The number of nitrogens with zero attached hydrogens (tertiary/aromatic N) is 2. The molecule has 0 fully saturated rings. The summed E-state index contributed by atoms with van der Waals surface area (Å²) in [6, 6.07) is 10.9. The monoisotopic (exact) mass is 252 g/mol. The molecule has 0 radical (unpaired) electrons. The highest BCUT2D eigenvalue weighted by Crippen LogP contribution is 2.33. The number of rotatable bonds is 3. The van der Waals surface area contributed by atoms with Crippen molar-refractivity contribution in [3.8, 4) is 0 Å². The number of aromatic carboxylic acids is 1. The summed E-state index contributed by atoms with van der Waals surface area (Å²) in [4.78, 5) is 23.0. The number of carboxylic acid groups (broad SMARTS) is 1. The number of ketones is 1. The maximum absolute atomic E-state index is 12.3. The summed E-state index contributed by atoms with van der Waals surface area (Å²) in [5, 5.41) is 16.6. The highest BCUT2D eigenvalue weighted by atomic mass is 16.4. The lowest BCUT2D eigenvalue weighted by molar-refractivity contribution is 0.0696. The third-order valence-electron chi connectivity index (χ3n) is 2.89. The van der Waals surface area contributed by atoms with E-state index in [1.807, 2.05) is 0 Å². The molecule has 2 aromatic carbocycles. The Morgan fingerprint density at radius 3 is 2.26 bits per heavy atom. The van der Waals surface area contributed by atoms with Crippen LogP contribution in [0.1, 0.15) is 26.3 Å². The maximum atomic E-state index is 12.3. The molecule has 0 saturated carbocycles. The Hall–Kier alpha value is -2.82. The second-order valence-electron chi connectivity index (χ2n) is 4.11. The van der Waals surface area contributed by atoms with E-state index in [0.29, 0.717) is 16.8 Å². The summed E-state index contributed by atoms with van der Waals surface area (Å²) < 4.78 is 0. The largest absolute Gasteiger partial charge is 0.478 e. The highest BCUT2D eigenvalue weighted by Gasteiger charge is 2.17. The SMILES string of the molecule is O=C(O)c1ccc(C(=O)c2ccc3cc2N=N3)cc1. The van der Waals surface area contributed by atoms with Crippen molar-refractivity contribution in [2.24, 2.45) is 10.2 Å². The maximum Gasteiger partial charge on any atom is 0.335 e. The van der Waals surface area contributed by atoms with Gasteiger partial charge in [0, 0.05) is 5.56 Å². The van der Waals surface area contributed by atoms with Crippen LogP contribution in [0, 0.1) is 0 Å². The predicted molar refractivity (Wildman–Crippen MR) is 67.5 cm³/mol. The molecule has 0 atom stereocenters. The van der Waals surface area contributed by atoms with Crippen molar-refractivity contribution in [3.63, 3.8) is 0 Å². The molecule has 2 bridgehead atoms. The van der Waals surface area contributed by atoms with Crippen molar-refractivity contribution in [1.82, 2.24) is 0 Å². The summed E-state index contributed by atoms with van der Waals surface area (Å²) >= 11 is 0. The Kier molecular flexibility index (Phi) is 2.45. The van der Waals surface area contributed by atoms with Crippen LogP contribution in [0.25, 0.3) is 0 Å². The number of carboxylic acids is 1. The molecule has 0 aliphatic carbocycles. The zero-order chi connectivity index (χ0) is 13.4. The molecule has 0 unspecified atom stereocenters. The lowest BCUT2D eigenvalue weighted by Crippen LogP contribution is -2.02. The van der Waals surface area contributed by atoms with Gasteiger partial charge in [-0.15, -0.1) is 5.11 Å². The fourth-order valence-electron chi connectivity index (χ4n) is 1.89. The number of carbonyl (C=O) groups excluding carboxylic acids is 1.